The van der Waals surface area contributed by atoms with Gasteiger partial charge in [0.2, 0.25) is 0 Å². The molecule has 0 unspecified atom stereocenters. The Morgan fingerprint density at radius 1 is 0.824 bits per heavy atom. The second kappa shape index (κ2) is 3.46. The van der Waals surface area contributed by atoms with Crippen LogP contribution in [-0.4, -0.2) is 0 Å². The molecule has 0 amide bonds. The third-order valence-electron chi connectivity index (χ3n) is 3.99. The number of hydrogen-bond donors (Lipinski definition) is 0. The molecule has 85 valence electrons. The van der Waals surface area contributed by atoms with Crippen LogP contribution in [0.2, 0.25) is 0 Å². The summed E-state index contributed by atoms with van der Waals surface area (Å²) in [7, 11) is 0. The van der Waals surface area contributed by atoms with E-state index in [-0.39, 0.29) is 0 Å². The maximum atomic E-state index is 3.54. The first-order valence-corrected chi connectivity index (χ1v) is 6.19. The van der Waals surface area contributed by atoms with Crippen molar-refractivity contribution in [2.75, 3.05) is 0 Å². The molecule has 0 nitrogen and oxygen atoms in total. The molecule has 0 heteroatoms. The van der Waals surface area contributed by atoms with E-state index in [9.17, 15) is 0 Å². The molecule has 1 aliphatic rings. The molecule has 0 aromatic heterocycles. The van der Waals surface area contributed by atoms with Gasteiger partial charge in [0.15, 0.2) is 0 Å². The van der Waals surface area contributed by atoms with Gasteiger partial charge in [-0.05, 0) is 84.7 Å². The maximum Gasteiger partial charge on any atom is -0.000707 e. The fourth-order valence-corrected chi connectivity index (χ4v) is 2.65. The fraction of sp³-hybridized carbons (Fsp3) is 0.294. The SMILES string of the molecule is Cc1[c]c2c(cc1C)-c1cc(C)c(C)cc1C2. The van der Waals surface area contributed by atoms with Crippen LogP contribution in [0.25, 0.3) is 11.1 Å². The average Bonchev–Trinajstić information content (AvgIpc) is 2.58. The van der Waals surface area contributed by atoms with Gasteiger partial charge in [-0.25, -0.2) is 0 Å². The average molecular weight is 221 g/mol. The van der Waals surface area contributed by atoms with E-state index < -0.39 is 0 Å². The number of fused-ring (bicyclic) bond motifs is 3. The molecule has 0 heterocycles. The van der Waals surface area contributed by atoms with Crippen LogP contribution in [0.15, 0.2) is 18.2 Å². The van der Waals surface area contributed by atoms with Crippen LogP contribution in [0.1, 0.15) is 33.4 Å². The van der Waals surface area contributed by atoms with E-state index in [1.54, 1.807) is 0 Å². The summed E-state index contributed by atoms with van der Waals surface area (Å²) in [5, 5.41) is 0. The van der Waals surface area contributed by atoms with Crippen LogP contribution in [-0.2, 0) is 6.42 Å². The highest BCUT2D eigenvalue weighted by atomic mass is 14.2. The van der Waals surface area contributed by atoms with Crippen molar-refractivity contribution < 1.29 is 0 Å². The van der Waals surface area contributed by atoms with Gasteiger partial charge in [-0.1, -0.05) is 18.2 Å². The summed E-state index contributed by atoms with van der Waals surface area (Å²) in [5.41, 5.74) is 11.0. The van der Waals surface area contributed by atoms with Crippen molar-refractivity contribution in [1.82, 2.24) is 0 Å². The molecule has 1 radical (unpaired) electrons. The largest absolute Gasteiger partial charge is 0.0549 e. The first-order valence-electron chi connectivity index (χ1n) is 6.19. The smallest absolute Gasteiger partial charge is 0.000707 e. The van der Waals surface area contributed by atoms with E-state index in [0.29, 0.717) is 0 Å². The van der Waals surface area contributed by atoms with Crippen LogP contribution in [0.3, 0.4) is 0 Å². The summed E-state index contributed by atoms with van der Waals surface area (Å²) >= 11 is 0. The summed E-state index contributed by atoms with van der Waals surface area (Å²) in [4.78, 5) is 0. The summed E-state index contributed by atoms with van der Waals surface area (Å²) in [6.45, 7) is 8.71. The number of rotatable bonds is 0. The maximum absolute atomic E-state index is 3.54. The molecule has 0 aliphatic heterocycles. The van der Waals surface area contributed by atoms with Gasteiger partial charge in [0.05, 0.1) is 0 Å². The molecule has 0 bridgehead atoms. The topological polar surface area (TPSA) is 0 Å². The number of hydrogen-bond acceptors (Lipinski definition) is 0. The Morgan fingerprint density at radius 2 is 1.47 bits per heavy atom. The van der Waals surface area contributed by atoms with Crippen molar-refractivity contribution in [3.05, 3.63) is 57.6 Å². The predicted octanol–water partition coefficient (Wildman–Crippen LogP) is 4.29. The van der Waals surface area contributed by atoms with E-state index in [1.807, 2.05) is 0 Å². The van der Waals surface area contributed by atoms with Gasteiger partial charge in [-0.15, -0.1) is 0 Å². The zero-order chi connectivity index (χ0) is 12.2. The Balaban J connectivity index is 2.27. The molecule has 2 aromatic carbocycles. The second-order valence-corrected chi connectivity index (χ2v) is 5.24. The van der Waals surface area contributed by atoms with Gasteiger partial charge in [0.1, 0.15) is 0 Å². The Bertz CT molecular complexity index is 563. The van der Waals surface area contributed by atoms with Crippen molar-refractivity contribution in [3.8, 4) is 11.1 Å². The first-order chi connectivity index (χ1) is 8.06. The minimum Gasteiger partial charge on any atom is -0.0549 e. The third kappa shape index (κ3) is 1.51. The lowest BCUT2D eigenvalue weighted by molar-refractivity contribution is 1.21. The van der Waals surface area contributed by atoms with Crippen LogP contribution < -0.4 is 0 Å². The standard InChI is InChI=1S/C17H17/c1-10-5-14-9-15-6-11(2)13(4)8-17(15)16(14)7-12(10)3/h5,7-8H,9H2,1-4H3. The molecule has 0 fully saturated rings. The minimum absolute atomic E-state index is 1.05. The molecule has 2 aromatic rings. The van der Waals surface area contributed by atoms with Crippen LogP contribution in [0, 0.1) is 33.8 Å². The van der Waals surface area contributed by atoms with E-state index >= 15 is 0 Å². The van der Waals surface area contributed by atoms with Crippen molar-refractivity contribution in [1.29, 1.82) is 0 Å². The van der Waals surface area contributed by atoms with Crippen LogP contribution in [0.4, 0.5) is 0 Å². The number of aryl methyl sites for hydroxylation is 4. The fourth-order valence-electron chi connectivity index (χ4n) is 2.65. The molecular formula is C17H17. The van der Waals surface area contributed by atoms with Crippen LogP contribution in [0.5, 0.6) is 0 Å². The van der Waals surface area contributed by atoms with Gasteiger partial charge in [0, 0.05) is 0 Å². The van der Waals surface area contributed by atoms with Gasteiger partial charge >= 0.3 is 0 Å². The lowest BCUT2D eigenvalue weighted by atomic mass is 9.98. The molecule has 3 rings (SSSR count). The summed E-state index contributed by atoms with van der Waals surface area (Å²) in [6.07, 6.45) is 1.05. The van der Waals surface area contributed by atoms with Crippen molar-refractivity contribution in [3.63, 3.8) is 0 Å². The van der Waals surface area contributed by atoms with E-state index in [0.717, 1.165) is 6.42 Å². The van der Waals surface area contributed by atoms with Crippen molar-refractivity contribution in [2.24, 2.45) is 0 Å². The molecule has 0 saturated carbocycles. The Morgan fingerprint density at radius 3 is 2.24 bits per heavy atom. The lowest BCUT2D eigenvalue weighted by Gasteiger charge is -2.07. The van der Waals surface area contributed by atoms with Crippen molar-refractivity contribution >= 4 is 0 Å². The molecule has 0 atom stereocenters. The minimum atomic E-state index is 1.05. The highest BCUT2D eigenvalue weighted by Crippen LogP contribution is 2.38. The van der Waals surface area contributed by atoms with Gasteiger partial charge in [-0.2, -0.15) is 0 Å². The Hall–Kier alpha value is -1.56. The zero-order valence-corrected chi connectivity index (χ0v) is 10.9. The summed E-state index contributed by atoms with van der Waals surface area (Å²) in [6, 6.07) is 10.5. The van der Waals surface area contributed by atoms with E-state index in [2.05, 4.69) is 52.0 Å². The molecular weight excluding hydrogens is 204 g/mol. The highest BCUT2D eigenvalue weighted by Gasteiger charge is 2.20. The highest BCUT2D eigenvalue weighted by molar-refractivity contribution is 5.78. The summed E-state index contributed by atoms with van der Waals surface area (Å²) in [5.74, 6) is 0. The lowest BCUT2D eigenvalue weighted by Crippen LogP contribution is -1.87. The zero-order valence-electron chi connectivity index (χ0n) is 10.9. The van der Waals surface area contributed by atoms with E-state index in [4.69, 9.17) is 0 Å². The summed E-state index contributed by atoms with van der Waals surface area (Å²) < 4.78 is 0. The molecule has 0 N–H and O–H groups in total. The Labute approximate surface area is 103 Å². The van der Waals surface area contributed by atoms with Crippen molar-refractivity contribution in [2.45, 2.75) is 34.1 Å². The van der Waals surface area contributed by atoms with E-state index in [1.165, 1.54) is 44.5 Å². The number of benzene rings is 2. The predicted molar refractivity (Wildman–Crippen MR) is 72.5 cm³/mol. The van der Waals surface area contributed by atoms with Gasteiger partial charge < -0.3 is 0 Å². The third-order valence-corrected chi connectivity index (χ3v) is 3.99. The van der Waals surface area contributed by atoms with Gasteiger partial charge in [-0.3, -0.25) is 0 Å². The van der Waals surface area contributed by atoms with Crippen LogP contribution >= 0.6 is 0 Å². The molecule has 1 aliphatic carbocycles. The monoisotopic (exact) mass is 221 g/mol. The molecule has 17 heavy (non-hydrogen) atoms. The first kappa shape index (κ1) is 10.6. The van der Waals surface area contributed by atoms with Gasteiger partial charge in [0.25, 0.3) is 0 Å². The Kier molecular flexibility index (Phi) is 2.16. The second-order valence-electron chi connectivity index (χ2n) is 5.24. The molecule has 0 spiro atoms. The quantitative estimate of drug-likeness (QED) is 0.531. The normalized spacial score (nSPS) is 12.5. The molecule has 0 saturated heterocycles.